The van der Waals surface area contributed by atoms with E-state index in [1.807, 2.05) is 0 Å². The standard InChI is InChI=1S/C22H17F2N5/c23-15-8-4-13(5-9-15)18-19(14-6-10-16(24)11-7-14)29-22-20(28-18)21(25-12-26-22)27-17-2-1-3-17/h4-12,17H,1-3H2,(H,25,26,27,29). The van der Waals surface area contributed by atoms with Crippen molar-refractivity contribution >= 4 is 17.0 Å². The van der Waals surface area contributed by atoms with E-state index in [4.69, 9.17) is 9.97 Å². The second kappa shape index (κ2) is 7.16. The summed E-state index contributed by atoms with van der Waals surface area (Å²) < 4.78 is 26.9. The number of aromatic nitrogens is 4. The van der Waals surface area contributed by atoms with E-state index in [-0.39, 0.29) is 11.6 Å². The molecule has 1 aliphatic carbocycles. The summed E-state index contributed by atoms with van der Waals surface area (Å²) in [7, 11) is 0. The zero-order valence-corrected chi connectivity index (χ0v) is 15.4. The number of fused-ring (bicyclic) bond motifs is 1. The number of anilines is 1. The molecule has 0 bridgehead atoms. The van der Waals surface area contributed by atoms with Gasteiger partial charge in [0.15, 0.2) is 17.0 Å². The largest absolute Gasteiger partial charge is 0.365 e. The molecule has 144 valence electrons. The smallest absolute Gasteiger partial charge is 0.184 e. The highest BCUT2D eigenvalue weighted by Crippen LogP contribution is 2.33. The highest BCUT2D eigenvalue weighted by atomic mass is 19.1. The van der Waals surface area contributed by atoms with Crippen molar-refractivity contribution in [2.75, 3.05) is 5.32 Å². The van der Waals surface area contributed by atoms with Crippen molar-refractivity contribution in [2.24, 2.45) is 0 Å². The van der Waals surface area contributed by atoms with Gasteiger partial charge in [-0.05, 0) is 67.8 Å². The molecule has 2 aromatic carbocycles. The molecule has 0 unspecified atom stereocenters. The first-order valence-electron chi connectivity index (χ1n) is 9.48. The van der Waals surface area contributed by atoms with Gasteiger partial charge < -0.3 is 5.32 Å². The lowest BCUT2D eigenvalue weighted by Crippen LogP contribution is -2.27. The van der Waals surface area contributed by atoms with E-state index in [2.05, 4.69) is 15.3 Å². The molecule has 29 heavy (non-hydrogen) atoms. The van der Waals surface area contributed by atoms with Crippen LogP contribution in [0.4, 0.5) is 14.6 Å². The van der Waals surface area contributed by atoms with E-state index in [9.17, 15) is 8.78 Å². The van der Waals surface area contributed by atoms with E-state index in [0.29, 0.717) is 45.5 Å². The third-order valence-corrected chi connectivity index (χ3v) is 5.15. The molecule has 0 amide bonds. The summed E-state index contributed by atoms with van der Waals surface area (Å²) in [5, 5.41) is 3.41. The van der Waals surface area contributed by atoms with Crippen LogP contribution < -0.4 is 5.32 Å². The molecule has 5 rings (SSSR count). The van der Waals surface area contributed by atoms with E-state index < -0.39 is 0 Å². The molecule has 0 atom stereocenters. The highest BCUT2D eigenvalue weighted by Gasteiger charge is 2.21. The Morgan fingerprint density at radius 3 is 1.90 bits per heavy atom. The van der Waals surface area contributed by atoms with Crippen LogP contribution in [0.3, 0.4) is 0 Å². The molecule has 0 spiro atoms. The topological polar surface area (TPSA) is 63.6 Å². The molecule has 1 aliphatic rings. The van der Waals surface area contributed by atoms with E-state index in [1.54, 1.807) is 24.3 Å². The Hall–Kier alpha value is -3.48. The minimum atomic E-state index is -0.333. The predicted molar refractivity (Wildman–Crippen MR) is 107 cm³/mol. The molecule has 7 heteroatoms. The molecule has 0 radical (unpaired) electrons. The summed E-state index contributed by atoms with van der Waals surface area (Å²) in [6, 6.07) is 12.5. The Balaban J connectivity index is 1.72. The summed E-state index contributed by atoms with van der Waals surface area (Å²) in [5.41, 5.74) is 3.54. The monoisotopic (exact) mass is 389 g/mol. The van der Waals surface area contributed by atoms with Crippen LogP contribution in [0.5, 0.6) is 0 Å². The normalized spacial score (nSPS) is 14.0. The quantitative estimate of drug-likeness (QED) is 0.532. The van der Waals surface area contributed by atoms with Gasteiger partial charge in [0.05, 0.1) is 11.4 Å². The number of hydrogen-bond acceptors (Lipinski definition) is 5. The number of rotatable bonds is 4. The molecular weight excluding hydrogens is 372 g/mol. The lowest BCUT2D eigenvalue weighted by molar-refractivity contribution is 0.444. The number of halogens is 2. The maximum absolute atomic E-state index is 13.5. The Morgan fingerprint density at radius 2 is 1.34 bits per heavy atom. The molecule has 2 heterocycles. The summed E-state index contributed by atoms with van der Waals surface area (Å²) in [4.78, 5) is 18.2. The van der Waals surface area contributed by atoms with Crippen LogP contribution in [0, 0.1) is 11.6 Å². The molecule has 0 saturated heterocycles. The average Bonchev–Trinajstić information content (AvgIpc) is 2.71. The van der Waals surface area contributed by atoms with Crippen LogP contribution in [0.1, 0.15) is 19.3 Å². The van der Waals surface area contributed by atoms with Gasteiger partial charge in [0.1, 0.15) is 18.0 Å². The van der Waals surface area contributed by atoms with Gasteiger partial charge >= 0.3 is 0 Å². The van der Waals surface area contributed by atoms with Gasteiger partial charge in [0.2, 0.25) is 0 Å². The molecule has 4 aromatic rings. The molecular formula is C22H17F2N5. The first kappa shape index (κ1) is 17.6. The van der Waals surface area contributed by atoms with Crippen molar-refractivity contribution in [3.8, 4) is 22.5 Å². The minimum Gasteiger partial charge on any atom is -0.365 e. The Morgan fingerprint density at radius 1 is 0.759 bits per heavy atom. The summed E-state index contributed by atoms with van der Waals surface area (Å²) in [6.45, 7) is 0. The summed E-state index contributed by atoms with van der Waals surface area (Å²) >= 11 is 0. The molecule has 1 fully saturated rings. The molecule has 1 N–H and O–H groups in total. The van der Waals surface area contributed by atoms with Crippen molar-refractivity contribution in [3.05, 3.63) is 66.5 Å². The number of benzene rings is 2. The molecule has 2 aromatic heterocycles. The van der Waals surface area contributed by atoms with Gasteiger partial charge in [0, 0.05) is 17.2 Å². The van der Waals surface area contributed by atoms with Crippen LogP contribution in [0.2, 0.25) is 0 Å². The summed E-state index contributed by atoms with van der Waals surface area (Å²) in [5.74, 6) is -0.0251. The summed E-state index contributed by atoms with van der Waals surface area (Å²) in [6.07, 6.45) is 4.85. The Kier molecular flexibility index (Phi) is 4.35. The van der Waals surface area contributed by atoms with Crippen molar-refractivity contribution in [2.45, 2.75) is 25.3 Å². The second-order valence-corrected chi connectivity index (χ2v) is 7.10. The molecule has 0 aliphatic heterocycles. The van der Waals surface area contributed by atoms with Gasteiger partial charge in [-0.3, -0.25) is 0 Å². The van der Waals surface area contributed by atoms with Crippen LogP contribution in [-0.4, -0.2) is 26.0 Å². The first-order valence-corrected chi connectivity index (χ1v) is 9.48. The number of nitrogens with zero attached hydrogens (tertiary/aromatic N) is 4. The van der Waals surface area contributed by atoms with E-state index in [1.165, 1.54) is 37.0 Å². The average molecular weight is 389 g/mol. The fraction of sp³-hybridized carbons (Fsp3) is 0.182. The zero-order chi connectivity index (χ0) is 19.8. The zero-order valence-electron chi connectivity index (χ0n) is 15.4. The lowest BCUT2D eigenvalue weighted by atomic mass is 9.93. The maximum atomic E-state index is 13.5. The van der Waals surface area contributed by atoms with E-state index in [0.717, 1.165) is 12.8 Å². The van der Waals surface area contributed by atoms with Gasteiger partial charge in [0.25, 0.3) is 0 Å². The van der Waals surface area contributed by atoms with Crippen LogP contribution >= 0.6 is 0 Å². The third kappa shape index (κ3) is 3.40. The van der Waals surface area contributed by atoms with Crippen molar-refractivity contribution in [3.63, 3.8) is 0 Å². The molecule has 5 nitrogen and oxygen atoms in total. The van der Waals surface area contributed by atoms with Crippen LogP contribution in [-0.2, 0) is 0 Å². The van der Waals surface area contributed by atoms with Gasteiger partial charge in [-0.15, -0.1) is 0 Å². The maximum Gasteiger partial charge on any atom is 0.184 e. The fourth-order valence-corrected chi connectivity index (χ4v) is 3.35. The fourth-order valence-electron chi connectivity index (χ4n) is 3.35. The Bertz CT molecular complexity index is 1170. The molecule has 1 saturated carbocycles. The Labute approximate surface area is 165 Å². The van der Waals surface area contributed by atoms with Gasteiger partial charge in [-0.1, -0.05) is 0 Å². The highest BCUT2D eigenvalue weighted by molar-refractivity contribution is 5.89. The van der Waals surface area contributed by atoms with Crippen molar-refractivity contribution in [1.82, 2.24) is 19.9 Å². The third-order valence-electron chi connectivity index (χ3n) is 5.15. The van der Waals surface area contributed by atoms with Crippen LogP contribution in [0.15, 0.2) is 54.9 Å². The second-order valence-electron chi connectivity index (χ2n) is 7.10. The van der Waals surface area contributed by atoms with Crippen molar-refractivity contribution in [1.29, 1.82) is 0 Å². The van der Waals surface area contributed by atoms with Gasteiger partial charge in [-0.25, -0.2) is 28.7 Å². The predicted octanol–water partition coefficient (Wildman–Crippen LogP) is 5.00. The van der Waals surface area contributed by atoms with E-state index >= 15 is 0 Å². The van der Waals surface area contributed by atoms with Gasteiger partial charge in [-0.2, -0.15) is 0 Å². The van der Waals surface area contributed by atoms with Crippen molar-refractivity contribution < 1.29 is 8.78 Å². The minimum absolute atomic E-state index is 0.332. The first-order chi connectivity index (χ1) is 14.2. The SMILES string of the molecule is Fc1ccc(-c2nc3ncnc(NC4CCC4)c3nc2-c2ccc(F)cc2)cc1. The van der Waals surface area contributed by atoms with Crippen LogP contribution in [0.25, 0.3) is 33.7 Å². The number of nitrogens with one attached hydrogen (secondary N) is 1. The number of hydrogen-bond donors (Lipinski definition) is 1. The lowest BCUT2D eigenvalue weighted by Gasteiger charge is -2.27.